The summed E-state index contributed by atoms with van der Waals surface area (Å²) >= 11 is 12.1. The minimum absolute atomic E-state index is 0.0322. The molecule has 1 amide bonds. The lowest BCUT2D eigenvalue weighted by Crippen LogP contribution is -2.28. The van der Waals surface area contributed by atoms with Gasteiger partial charge in [0.25, 0.3) is 5.95 Å². The number of hydrogen-bond donors (Lipinski definition) is 2. The number of benzene rings is 2. The van der Waals surface area contributed by atoms with Crippen molar-refractivity contribution in [3.63, 3.8) is 0 Å². The van der Waals surface area contributed by atoms with Gasteiger partial charge in [0.15, 0.2) is 0 Å². The molecule has 0 unspecified atom stereocenters. The summed E-state index contributed by atoms with van der Waals surface area (Å²) in [5.74, 6) is 0.667. The molecule has 0 bridgehead atoms. The first kappa shape index (κ1) is 17.8. The number of fused-ring (bicyclic) bond motifs is 1. The van der Waals surface area contributed by atoms with Crippen LogP contribution in [0.4, 0.5) is 11.9 Å². The zero-order valence-corrected chi connectivity index (χ0v) is 16.0. The monoisotopic (exact) mass is 401 g/mol. The number of halogens is 2. The molecule has 138 valence electrons. The van der Waals surface area contributed by atoms with Crippen molar-refractivity contribution in [2.45, 2.75) is 25.4 Å². The van der Waals surface area contributed by atoms with Crippen molar-refractivity contribution in [3.8, 4) is 0 Å². The fourth-order valence-corrected chi connectivity index (χ4v) is 3.52. The van der Waals surface area contributed by atoms with Crippen LogP contribution >= 0.6 is 23.2 Å². The van der Waals surface area contributed by atoms with Crippen LogP contribution in [0.3, 0.4) is 0 Å². The zero-order valence-electron chi connectivity index (χ0n) is 14.5. The number of rotatable bonds is 3. The van der Waals surface area contributed by atoms with Crippen LogP contribution in [0.5, 0.6) is 0 Å². The molecule has 6 nitrogen and oxygen atoms in total. The van der Waals surface area contributed by atoms with E-state index < -0.39 is 0 Å². The number of hydrogen-bond acceptors (Lipinski definition) is 4. The van der Waals surface area contributed by atoms with Crippen LogP contribution in [-0.4, -0.2) is 20.7 Å². The van der Waals surface area contributed by atoms with Crippen molar-refractivity contribution >= 4 is 41.0 Å². The van der Waals surface area contributed by atoms with Gasteiger partial charge in [0, 0.05) is 17.0 Å². The number of nitrogens with one attached hydrogen (secondary N) is 2. The molecule has 0 saturated heterocycles. The van der Waals surface area contributed by atoms with Crippen molar-refractivity contribution in [1.29, 1.82) is 0 Å². The maximum atomic E-state index is 11.4. The third-order valence-corrected chi connectivity index (χ3v) is 5.01. The third kappa shape index (κ3) is 3.77. The van der Waals surface area contributed by atoms with E-state index >= 15 is 0 Å². The lowest BCUT2D eigenvalue weighted by molar-refractivity contribution is -0.114. The fraction of sp³-hybridized carbons (Fsp3) is 0.211. The Balaban J connectivity index is 1.74. The molecule has 1 aromatic heterocycles. The maximum Gasteiger partial charge on any atom is 0.250 e. The second kappa shape index (κ2) is 7.21. The normalized spacial score (nSPS) is 18.5. The predicted octanol–water partition coefficient (Wildman–Crippen LogP) is 4.69. The van der Waals surface area contributed by atoms with Crippen LogP contribution in [0.15, 0.2) is 48.5 Å². The number of anilines is 2. The van der Waals surface area contributed by atoms with Crippen molar-refractivity contribution < 1.29 is 4.79 Å². The van der Waals surface area contributed by atoms with Gasteiger partial charge in [-0.25, -0.2) is 4.68 Å². The molecule has 2 aromatic carbocycles. The van der Waals surface area contributed by atoms with Gasteiger partial charge in [-0.2, -0.15) is 4.98 Å². The van der Waals surface area contributed by atoms with Gasteiger partial charge in [0.05, 0.1) is 12.1 Å². The van der Waals surface area contributed by atoms with Crippen LogP contribution < -0.4 is 10.6 Å². The van der Waals surface area contributed by atoms with Gasteiger partial charge in [-0.05, 0) is 41.8 Å². The van der Waals surface area contributed by atoms with E-state index in [9.17, 15) is 4.79 Å². The molecular weight excluding hydrogens is 385 g/mol. The highest BCUT2D eigenvalue weighted by molar-refractivity contribution is 6.30. The predicted molar refractivity (Wildman–Crippen MR) is 106 cm³/mol. The van der Waals surface area contributed by atoms with Crippen LogP contribution in [0, 0.1) is 0 Å². The van der Waals surface area contributed by atoms with Crippen molar-refractivity contribution in [2.24, 2.45) is 0 Å². The van der Waals surface area contributed by atoms with E-state index in [0.717, 1.165) is 17.5 Å². The topological polar surface area (TPSA) is 71.8 Å². The van der Waals surface area contributed by atoms with Gasteiger partial charge >= 0.3 is 0 Å². The Kier molecular flexibility index (Phi) is 4.76. The van der Waals surface area contributed by atoms with Crippen LogP contribution in [-0.2, 0) is 4.79 Å². The highest BCUT2D eigenvalue weighted by atomic mass is 35.5. The number of carbonyl (C=O) groups excluding carboxylic acids is 1. The molecule has 1 aliphatic rings. The van der Waals surface area contributed by atoms with E-state index in [4.69, 9.17) is 23.2 Å². The number of aromatic nitrogens is 3. The second-order valence-electron chi connectivity index (χ2n) is 6.44. The fourth-order valence-electron chi connectivity index (χ4n) is 3.26. The zero-order chi connectivity index (χ0) is 19.0. The van der Waals surface area contributed by atoms with E-state index in [-0.39, 0.29) is 23.9 Å². The molecule has 0 saturated carbocycles. The number of nitrogens with zero attached hydrogens (tertiary/aromatic N) is 3. The first-order valence-electron chi connectivity index (χ1n) is 8.51. The Hall–Kier alpha value is -2.57. The van der Waals surface area contributed by atoms with E-state index in [1.165, 1.54) is 6.92 Å². The van der Waals surface area contributed by atoms with Crippen LogP contribution in [0.2, 0.25) is 10.0 Å². The van der Waals surface area contributed by atoms with E-state index in [1.807, 2.05) is 48.5 Å². The summed E-state index contributed by atoms with van der Waals surface area (Å²) in [6, 6.07) is 15.4. The quantitative estimate of drug-likeness (QED) is 0.667. The van der Waals surface area contributed by atoms with E-state index in [1.54, 1.807) is 4.68 Å². The molecule has 27 heavy (non-hydrogen) atoms. The average molecular weight is 402 g/mol. The lowest BCUT2D eigenvalue weighted by Gasteiger charge is -2.31. The average Bonchev–Trinajstić information content (AvgIpc) is 3.03. The van der Waals surface area contributed by atoms with Crippen molar-refractivity contribution in [2.75, 3.05) is 10.6 Å². The van der Waals surface area contributed by atoms with E-state index in [2.05, 4.69) is 20.7 Å². The SMILES string of the molecule is CC(=O)Nc1nc2n(n1)[C@H](c1ccc(Cl)cc1)C[C@@H](c1ccc(Cl)cc1)N2. The van der Waals surface area contributed by atoms with Gasteiger partial charge in [0.1, 0.15) is 0 Å². The minimum atomic E-state index is -0.213. The summed E-state index contributed by atoms with van der Waals surface area (Å²) in [6.45, 7) is 1.43. The molecule has 0 radical (unpaired) electrons. The lowest BCUT2D eigenvalue weighted by atomic mass is 9.93. The maximum absolute atomic E-state index is 11.4. The molecule has 3 aromatic rings. The molecule has 2 atom stereocenters. The first-order chi connectivity index (χ1) is 13.0. The van der Waals surface area contributed by atoms with Gasteiger partial charge < -0.3 is 5.32 Å². The molecular formula is C19H17Cl2N5O. The molecule has 0 aliphatic carbocycles. The summed E-state index contributed by atoms with van der Waals surface area (Å²) in [4.78, 5) is 15.8. The highest BCUT2D eigenvalue weighted by Gasteiger charge is 2.31. The van der Waals surface area contributed by atoms with Crippen LogP contribution in [0.25, 0.3) is 0 Å². The number of carbonyl (C=O) groups is 1. The van der Waals surface area contributed by atoms with Gasteiger partial charge in [-0.1, -0.05) is 47.5 Å². The summed E-state index contributed by atoms with van der Waals surface area (Å²) in [6.07, 6.45) is 0.763. The first-order valence-corrected chi connectivity index (χ1v) is 9.27. The summed E-state index contributed by atoms with van der Waals surface area (Å²) in [5.41, 5.74) is 2.18. The molecule has 8 heteroatoms. The van der Waals surface area contributed by atoms with E-state index in [0.29, 0.717) is 16.0 Å². The van der Waals surface area contributed by atoms with Crippen molar-refractivity contribution in [3.05, 3.63) is 69.7 Å². The smallest absolute Gasteiger partial charge is 0.250 e. The molecule has 2 heterocycles. The van der Waals surface area contributed by atoms with Gasteiger partial charge in [-0.3, -0.25) is 10.1 Å². The standard InChI is InChI=1S/C19H17Cl2N5O/c1-11(27)22-18-24-19-23-16(12-2-6-14(20)7-3-12)10-17(26(19)25-18)13-4-8-15(21)9-5-13/h2-9,16-17H,10H2,1H3,(H2,22,23,24,25,27)/t16-,17-/m0/s1. The molecule has 4 rings (SSSR count). The molecule has 1 aliphatic heterocycles. The Morgan fingerprint density at radius 2 is 1.67 bits per heavy atom. The Morgan fingerprint density at radius 3 is 2.26 bits per heavy atom. The summed E-state index contributed by atoms with van der Waals surface area (Å²) in [5, 5.41) is 11.9. The molecule has 0 spiro atoms. The Bertz CT molecular complexity index is 969. The second-order valence-corrected chi connectivity index (χ2v) is 7.31. The van der Waals surface area contributed by atoms with Crippen LogP contribution in [0.1, 0.15) is 36.6 Å². The Morgan fingerprint density at radius 1 is 1.07 bits per heavy atom. The summed E-state index contributed by atoms with van der Waals surface area (Å²) in [7, 11) is 0. The van der Waals surface area contributed by atoms with Gasteiger partial charge in [-0.15, -0.1) is 5.10 Å². The number of amides is 1. The largest absolute Gasteiger partial charge is 0.347 e. The Labute approximate surface area is 166 Å². The van der Waals surface area contributed by atoms with Gasteiger partial charge in [0.2, 0.25) is 11.9 Å². The molecule has 2 N–H and O–H groups in total. The third-order valence-electron chi connectivity index (χ3n) is 4.50. The van der Waals surface area contributed by atoms with Crippen molar-refractivity contribution in [1.82, 2.24) is 14.8 Å². The minimum Gasteiger partial charge on any atom is -0.347 e. The summed E-state index contributed by atoms with van der Waals surface area (Å²) < 4.78 is 1.81. The highest BCUT2D eigenvalue weighted by Crippen LogP contribution is 2.38. The molecule has 0 fully saturated rings.